The van der Waals surface area contributed by atoms with E-state index in [-0.39, 0.29) is 0 Å². The van der Waals surface area contributed by atoms with Crippen LogP contribution in [0.25, 0.3) is 17.7 Å². The third kappa shape index (κ3) is 2.66. The molecule has 4 heterocycles. The molecule has 1 fully saturated rings. The summed E-state index contributed by atoms with van der Waals surface area (Å²) >= 11 is 8.38. The molecule has 1 aliphatic carbocycles. The predicted molar refractivity (Wildman–Crippen MR) is 108 cm³/mol. The molecule has 128 valence electrons. The maximum atomic E-state index is 6.40. The van der Waals surface area contributed by atoms with Gasteiger partial charge in [-0.1, -0.05) is 30.3 Å². The molecule has 3 aliphatic rings. The molecule has 0 amide bonds. The summed E-state index contributed by atoms with van der Waals surface area (Å²) in [7, 11) is 0. The standard InChI is InChI=1S/C21H21ClN2S/c1-2-15-11-17(22)18-6-5-13(8-10-24(15)18)20-12-16-19(25-20)7-9-23-21(16)14-3-4-14/h2,5-6,8,11-12,14,21,23H,1,3-4,7,9-10H2. The van der Waals surface area contributed by atoms with Crippen LogP contribution in [-0.2, 0) is 13.0 Å². The van der Waals surface area contributed by atoms with Crippen molar-refractivity contribution in [2.75, 3.05) is 6.54 Å². The first-order valence-corrected chi connectivity index (χ1v) is 10.2. The Balaban J connectivity index is 1.50. The molecular weight excluding hydrogens is 348 g/mol. The molecule has 5 rings (SSSR count). The summed E-state index contributed by atoms with van der Waals surface area (Å²) in [6.07, 6.45) is 12.5. The van der Waals surface area contributed by atoms with Crippen molar-refractivity contribution in [1.29, 1.82) is 0 Å². The summed E-state index contributed by atoms with van der Waals surface area (Å²) in [6, 6.07) is 5.00. The van der Waals surface area contributed by atoms with Gasteiger partial charge < -0.3 is 9.88 Å². The summed E-state index contributed by atoms with van der Waals surface area (Å²) in [5.41, 5.74) is 5.01. The van der Waals surface area contributed by atoms with Gasteiger partial charge >= 0.3 is 0 Å². The van der Waals surface area contributed by atoms with Gasteiger partial charge in [-0.3, -0.25) is 0 Å². The van der Waals surface area contributed by atoms with Crippen molar-refractivity contribution in [3.05, 3.63) is 62.6 Å². The monoisotopic (exact) mass is 368 g/mol. The number of halogens is 1. The zero-order chi connectivity index (χ0) is 17.0. The lowest BCUT2D eigenvalue weighted by Crippen LogP contribution is -2.29. The van der Waals surface area contributed by atoms with Crippen molar-refractivity contribution < 1.29 is 0 Å². The number of thiophene rings is 1. The van der Waals surface area contributed by atoms with Gasteiger partial charge in [-0.25, -0.2) is 0 Å². The minimum atomic E-state index is 0.583. The van der Waals surface area contributed by atoms with E-state index in [4.69, 9.17) is 11.6 Å². The Hall–Kier alpha value is -1.55. The molecule has 0 spiro atoms. The molecule has 2 aromatic rings. The smallest absolute Gasteiger partial charge is 0.0663 e. The first-order chi connectivity index (χ1) is 12.2. The molecule has 4 heteroatoms. The zero-order valence-corrected chi connectivity index (χ0v) is 15.7. The van der Waals surface area contributed by atoms with E-state index in [0.29, 0.717) is 6.04 Å². The van der Waals surface area contributed by atoms with Gasteiger partial charge in [0.05, 0.1) is 10.7 Å². The number of nitrogens with zero attached hydrogens (tertiary/aromatic N) is 1. The molecule has 25 heavy (non-hydrogen) atoms. The second-order valence-electron chi connectivity index (χ2n) is 7.12. The summed E-state index contributed by atoms with van der Waals surface area (Å²) < 4.78 is 2.22. The predicted octanol–water partition coefficient (Wildman–Crippen LogP) is 5.55. The van der Waals surface area contributed by atoms with Crippen LogP contribution in [0.4, 0.5) is 0 Å². The topological polar surface area (TPSA) is 17.0 Å². The number of nitrogens with one attached hydrogen (secondary N) is 1. The number of hydrogen-bond donors (Lipinski definition) is 1. The third-order valence-electron chi connectivity index (χ3n) is 5.52. The maximum Gasteiger partial charge on any atom is 0.0663 e. The Labute approximate surface area is 157 Å². The van der Waals surface area contributed by atoms with Crippen molar-refractivity contribution in [1.82, 2.24) is 9.88 Å². The molecule has 1 unspecified atom stereocenters. The molecule has 1 saturated carbocycles. The highest BCUT2D eigenvalue weighted by Crippen LogP contribution is 2.46. The van der Waals surface area contributed by atoms with Gasteiger partial charge in [0.15, 0.2) is 0 Å². The van der Waals surface area contributed by atoms with Crippen LogP contribution in [-0.4, -0.2) is 11.1 Å². The Morgan fingerprint density at radius 3 is 2.96 bits per heavy atom. The molecule has 0 radical (unpaired) electrons. The lowest BCUT2D eigenvalue weighted by atomic mass is 9.97. The molecule has 2 aliphatic heterocycles. The van der Waals surface area contributed by atoms with Gasteiger partial charge in [0, 0.05) is 34.6 Å². The van der Waals surface area contributed by atoms with Crippen molar-refractivity contribution in [2.45, 2.75) is 31.8 Å². The third-order valence-corrected chi connectivity index (χ3v) is 7.08. The Kier molecular flexibility index (Phi) is 3.77. The Morgan fingerprint density at radius 1 is 1.28 bits per heavy atom. The van der Waals surface area contributed by atoms with E-state index < -0.39 is 0 Å². The van der Waals surface area contributed by atoms with Gasteiger partial charge in [0.2, 0.25) is 0 Å². The van der Waals surface area contributed by atoms with Crippen LogP contribution in [0.5, 0.6) is 0 Å². The molecule has 0 saturated heterocycles. The van der Waals surface area contributed by atoms with Gasteiger partial charge in [-0.05, 0) is 60.6 Å². The molecule has 0 aromatic carbocycles. The van der Waals surface area contributed by atoms with Crippen molar-refractivity contribution in [3.8, 4) is 0 Å². The molecular formula is C21H21ClN2S. The van der Waals surface area contributed by atoms with Gasteiger partial charge in [-0.15, -0.1) is 11.3 Å². The lowest BCUT2D eigenvalue weighted by molar-refractivity contribution is 0.462. The molecule has 1 N–H and O–H groups in total. The summed E-state index contributed by atoms with van der Waals surface area (Å²) in [4.78, 5) is 2.96. The lowest BCUT2D eigenvalue weighted by Gasteiger charge is -2.23. The largest absolute Gasteiger partial charge is 0.336 e. The fraction of sp³-hybridized carbons (Fsp3) is 0.333. The first kappa shape index (κ1) is 15.7. The van der Waals surface area contributed by atoms with Gasteiger partial charge in [0.25, 0.3) is 0 Å². The summed E-state index contributed by atoms with van der Waals surface area (Å²) in [5, 5.41) is 4.53. The van der Waals surface area contributed by atoms with E-state index in [1.54, 1.807) is 10.4 Å². The van der Waals surface area contributed by atoms with Gasteiger partial charge in [-0.2, -0.15) is 0 Å². The molecule has 2 nitrogen and oxygen atoms in total. The van der Waals surface area contributed by atoms with Crippen LogP contribution in [0.15, 0.2) is 30.9 Å². The fourth-order valence-electron chi connectivity index (χ4n) is 4.05. The molecule has 1 atom stereocenters. The van der Waals surface area contributed by atoms with E-state index in [2.05, 4.69) is 40.8 Å². The van der Waals surface area contributed by atoms with Crippen LogP contribution in [0.3, 0.4) is 0 Å². The SMILES string of the molecule is C=Cc1cc(Cl)c2n1CC=C(c1cc3c(s1)CCNC3C1CC1)C=C2. The van der Waals surface area contributed by atoms with E-state index >= 15 is 0 Å². The number of aromatic nitrogens is 1. The van der Waals surface area contributed by atoms with Crippen molar-refractivity contribution in [3.63, 3.8) is 0 Å². The molecule has 2 aromatic heterocycles. The minimum absolute atomic E-state index is 0.583. The van der Waals surface area contributed by atoms with Crippen LogP contribution in [0.1, 0.15) is 45.6 Å². The zero-order valence-electron chi connectivity index (χ0n) is 14.1. The number of fused-ring (bicyclic) bond motifs is 2. The highest BCUT2D eigenvalue weighted by atomic mass is 35.5. The number of allylic oxidation sites excluding steroid dienone is 3. The fourth-order valence-corrected chi connectivity index (χ4v) is 5.55. The van der Waals surface area contributed by atoms with E-state index in [9.17, 15) is 0 Å². The average molecular weight is 369 g/mol. The van der Waals surface area contributed by atoms with Gasteiger partial charge in [0.1, 0.15) is 0 Å². The summed E-state index contributed by atoms with van der Waals surface area (Å²) in [6.45, 7) is 5.86. The Morgan fingerprint density at radius 2 is 2.16 bits per heavy atom. The second-order valence-corrected chi connectivity index (χ2v) is 8.66. The van der Waals surface area contributed by atoms with Crippen molar-refractivity contribution in [2.24, 2.45) is 5.92 Å². The normalized spacial score (nSPS) is 22.1. The average Bonchev–Trinajstić information content (AvgIpc) is 3.35. The van der Waals surface area contributed by atoms with Crippen LogP contribution in [0, 0.1) is 5.92 Å². The highest BCUT2D eigenvalue weighted by Gasteiger charge is 2.35. The maximum absolute atomic E-state index is 6.40. The molecule has 0 bridgehead atoms. The number of hydrogen-bond acceptors (Lipinski definition) is 2. The minimum Gasteiger partial charge on any atom is -0.336 e. The number of rotatable bonds is 3. The summed E-state index contributed by atoms with van der Waals surface area (Å²) in [5.74, 6) is 0.856. The Bertz CT molecular complexity index is 911. The quantitative estimate of drug-likeness (QED) is 0.751. The van der Waals surface area contributed by atoms with E-state index in [0.717, 1.165) is 41.8 Å². The van der Waals surface area contributed by atoms with Crippen LogP contribution in [0.2, 0.25) is 5.02 Å². The van der Waals surface area contributed by atoms with E-state index in [1.165, 1.54) is 23.3 Å². The van der Waals surface area contributed by atoms with E-state index in [1.807, 2.05) is 23.5 Å². The van der Waals surface area contributed by atoms with Crippen LogP contribution >= 0.6 is 22.9 Å². The highest BCUT2D eigenvalue weighted by molar-refractivity contribution is 7.13. The van der Waals surface area contributed by atoms with Crippen LogP contribution < -0.4 is 5.32 Å². The second kappa shape index (κ2) is 6.01. The first-order valence-electron chi connectivity index (χ1n) is 9.00. The van der Waals surface area contributed by atoms with Crippen molar-refractivity contribution >= 4 is 40.7 Å².